The molecule has 0 radical (unpaired) electrons. The lowest BCUT2D eigenvalue weighted by atomic mass is 9.98. The summed E-state index contributed by atoms with van der Waals surface area (Å²) in [7, 11) is -3.09. The molecule has 1 heterocycles. The Morgan fingerprint density at radius 3 is 2.50 bits per heavy atom. The standard InChI is InChI=1S/C15H22N2O4S/c1-22(19,20)17-9-7-13(8-10-17)11-16-15(18)12-21-14-5-3-2-4-6-14/h2-6,13H,7-12H2,1H3,(H,16,18). The number of piperidine rings is 1. The summed E-state index contributed by atoms with van der Waals surface area (Å²) in [5, 5.41) is 2.84. The van der Waals surface area contributed by atoms with Gasteiger partial charge in [0.1, 0.15) is 5.75 Å². The highest BCUT2D eigenvalue weighted by atomic mass is 32.2. The van der Waals surface area contributed by atoms with Crippen molar-refractivity contribution in [3.05, 3.63) is 30.3 Å². The second-order valence-corrected chi connectivity index (χ2v) is 7.49. The van der Waals surface area contributed by atoms with Crippen LogP contribution >= 0.6 is 0 Å². The molecule has 0 atom stereocenters. The maximum absolute atomic E-state index is 11.7. The highest BCUT2D eigenvalue weighted by molar-refractivity contribution is 7.88. The number of rotatable bonds is 6. The van der Waals surface area contributed by atoms with Crippen LogP contribution in [0.2, 0.25) is 0 Å². The Hall–Kier alpha value is -1.60. The van der Waals surface area contributed by atoms with Crippen LogP contribution in [0.4, 0.5) is 0 Å². The van der Waals surface area contributed by atoms with Crippen LogP contribution in [0.1, 0.15) is 12.8 Å². The van der Waals surface area contributed by atoms with Crippen LogP contribution in [0, 0.1) is 5.92 Å². The molecule has 1 aromatic rings. The molecule has 22 heavy (non-hydrogen) atoms. The van der Waals surface area contributed by atoms with Crippen molar-refractivity contribution in [3.8, 4) is 5.75 Å². The number of amides is 1. The number of ether oxygens (including phenoxy) is 1. The van der Waals surface area contributed by atoms with Crippen LogP contribution in [0.5, 0.6) is 5.75 Å². The van der Waals surface area contributed by atoms with Gasteiger partial charge in [0.05, 0.1) is 6.26 Å². The summed E-state index contributed by atoms with van der Waals surface area (Å²) < 4.78 is 29.7. The minimum absolute atomic E-state index is 0.00774. The Bertz CT molecular complexity index is 581. The van der Waals surface area contributed by atoms with Crippen molar-refractivity contribution < 1.29 is 17.9 Å². The highest BCUT2D eigenvalue weighted by Crippen LogP contribution is 2.18. The van der Waals surface area contributed by atoms with Gasteiger partial charge < -0.3 is 10.1 Å². The van der Waals surface area contributed by atoms with Gasteiger partial charge in [0.2, 0.25) is 10.0 Å². The molecule has 1 fully saturated rings. The van der Waals surface area contributed by atoms with Crippen LogP contribution in [0.15, 0.2) is 30.3 Å². The first-order chi connectivity index (χ1) is 10.4. The maximum atomic E-state index is 11.7. The Balaban J connectivity index is 1.65. The van der Waals surface area contributed by atoms with E-state index in [2.05, 4.69) is 5.32 Å². The minimum Gasteiger partial charge on any atom is -0.484 e. The molecule has 0 unspecified atom stereocenters. The maximum Gasteiger partial charge on any atom is 0.257 e. The highest BCUT2D eigenvalue weighted by Gasteiger charge is 2.24. The molecular formula is C15H22N2O4S. The van der Waals surface area contributed by atoms with E-state index >= 15 is 0 Å². The number of nitrogens with zero attached hydrogens (tertiary/aromatic N) is 1. The van der Waals surface area contributed by atoms with Gasteiger partial charge in [-0.25, -0.2) is 12.7 Å². The van der Waals surface area contributed by atoms with Gasteiger partial charge >= 0.3 is 0 Å². The third kappa shape index (κ3) is 5.31. The molecule has 0 aliphatic carbocycles. The summed E-state index contributed by atoms with van der Waals surface area (Å²) in [5.74, 6) is 0.826. The largest absolute Gasteiger partial charge is 0.484 e. The quantitative estimate of drug-likeness (QED) is 0.841. The first-order valence-electron chi connectivity index (χ1n) is 7.35. The normalized spacial score (nSPS) is 17.1. The molecule has 1 amide bonds. The zero-order valence-corrected chi connectivity index (χ0v) is 13.5. The van der Waals surface area contributed by atoms with Crippen molar-refractivity contribution in [3.63, 3.8) is 0 Å². The van der Waals surface area contributed by atoms with E-state index in [1.54, 1.807) is 12.1 Å². The molecule has 2 rings (SSSR count). The predicted octanol–water partition coefficient (Wildman–Crippen LogP) is 0.853. The topological polar surface area (TPSA) is 75.7 Å². The molecular weight excluding hydrogens is 304 g/mol. The Kier molecular flexibility index (Phi) is 5.79. The fourth-order valence-corrected chi connectivity index (χ4v) is 3.29. The molecule has 1 saturated heterocycles. The number of nitrogens with one attached hydrogen (secondary N) is 1. The third-order valence-electron chi connectivity index (χ3n) is 3.74. The number of sulfonamides is 1. The monoisotopic (exact) mass is 326 g/mol. The lowest BCUT2D eigenvalue weighted by Gasteiger charge is -2.30. The lowest BCUT2D eigenvalue weighted by Crippen LogP contribution is -2.41. The second kappa shape index (κ2) is 7.60. The Morgan fingerprint density at radius 2 is 1.91 bits per heavy atom. The van der Waals surface area contributed by atoms with Crippen LogP contribution in [-0.4, -0.2) is 51.1 Å². The number of carbonyl (C=O) groups excluding carboxylic acids is 1. The summed E-state index contributed by atoms with van der Waals surface area (Å²) >= 11 is 0. The fraction of sp³-hybridized carbons (Fsp3) is 0.533. The fourth-order valence-electron chi connectivity index (χ4n) is 2.42. The molecule has 1 N–H and O–H groups in total. The van der Waals surface area contributed by atoms with Crippen molar-refractivity contribution in [1.82, 2.24) is 9.62 Å². The van der Waals surface area contributed by atoms with Gasteiger partial charge in [0, 0.05) is 19.6 Å². The number of benzene rings is 1. The summed E-state index contributed by atoms with van der Waals surface area (Å²) in [5.41, 5.74) is 0. The first kappa shape index (κ1) is 16.8. The Morgan fingerprint density at radius 1 is 1.27 bits per heavy atom. The molecule has 0 aromatic heterocycles. The second-order valence-electron chi connectivity index (χ2n) is 5.51. The molecule has 122 valence electrons. The molecule has 0 saturated carbocycles. The third-order valence-corrected chi connectivity index (χ3v) is 5.05. The van der Waals surface area contributed by atoms with Gasteiger partial charge in [-0.05, 0) is 30.9 Å². The van der Waals surface area contributed by atoms with Gasteiger partial charge in [-0.15, -0.1) is 0 Å². The van der Waals surface area contributed by atoms with Crippen molar-refractivity contribution in [2.45, 2.75) is 12.8 Å². The van der Waals surface area contributed by atoms with Crippen LogP contribution in [-0.2, 0) is 14.8 Å². The Labute approximate surface area is 131 Å². The van der Waals surface area contributed by atoms with Crippen molar-refractivity contribution in [2.75, 3.05) is 32.5 Å². The summed E-state index contributed by atoms with van der Waals surface area (Å²) in [6.07, 6.45) is 2.77. The summed E-state index contributed by atoms with van der Waals surface area (Å²) in [4.78, 5) is 11.7. The van der Waals surface area contributed by atoms with E-state index in [0.29, 0.717) is 31.3 Å². The van der Waals surface area contributed by atoms with Crippen molar-refractivity contribution in [1.29, 1.82) is 0 Å². The van der Waals surface area contributed by atoms with E-state index in [-0.39, 0.29) is 12.5 Å². The minimum atomic E-state index is -3.09. The number of hydrogen-bond donors (Lipinski definition) is 1. The molecule has 1 aliphatic rings. The molecule has 1 aromatic carbocycles. The lowest BCUT2D eigenvalue weighted by molar-refractivity contribution is -0.123. The first-order valence-corrected chi connectivity index (χ1v) is 9.19. The van der Waals surface area contributed by atoms with E-state index in [1.807, 2.05) is 18.2 Å². The van der Waals surface area contributed by atoms with Crippen molar-refractivity contribution >= 4 is 15.9 Å². The SMILES string of the molecule is CS(=O)(=O)N1CCC(CNC(=O)COc2ccccc2)CC1. The zero-order valence-electron chi connectivity index (χ0n) is 12.7. The van der Waals surface area contributed by atoms with Gasteiger partial charge in [-0.3, -0.25) is 4.79 Å². The molecule has 7 heteroatoms. The van der Waals surface area contributed by atoms with Gasteiger partial charge in [-0.1, -0.05) is 18.2 Å². The van der Waals surface area contributed by atoms with E-state index in [1.165, 1.54) is 10.6 Å². The van der Waals surface area contributed by atoms with E-state index < -0.39 is 10.0 Å². The molecule has 6 nitrogen and oxygen atoms in total. The zero-order chi connectivity index (χ0) is 16.0. The molecule has 0 bridgehead atoms. The average molecular weight is 326 g/mol. The smallest absolute Gasteiger partial charge is 0.257 e. The van der Waals surface area contributed by atoms with Crippen LogP contribution < -0.4 is 10.1 Å². The van der Waals surface area contributed by atoms with E-state index in [0.717, 1.165) is 12.8 Å². The number of para-hydroxylation sites is 1. The van der Waals surface area contributed by atoms with Crippen LogP contribution in [0.25, 0.3) is 0 Å². The number of carbonyl (C=O) groups is 1. The summed E-state index contributed by atoms with van der Waals surface area (Å²) in [6.45, 7) is 1.61. The predicted molar refractivity (Wildman–Crippen MR) is 84.1 cm³/mol. The van der Waals surface area contributed by atoms with Crippen LogP contribution in [0.3, 0.4) is 0 Å². The van der Waals surface area contributed by atoms with Gasteiger partial charge in [0.25, 0.3) is 5.91 Å². The summed E-state index contributed by atoms with van der Waals surface area (Å²) in [6, 6.07) is 9.18. The molecule has 0 spiro atoms. The van der Waals surface area contributed by atoms with Gasteiger partial charge in [0.15, 0.2) is 6.61 Å². The molecule has 1 aliphatic heterocycles. The van der Waals surface area contributed by atoms with Crippen molar-refractivity contribution in [2.24, 2.45) is 5.92 Å². The number of hydrogen-bond acceptors (Lipinski definition) is 4. The average Bonchev–Trinajstić information content (AvgIpc) is 2.51. The van der Waals surface area contributed by atoms with E-state index in [4.69, 9.17) is 4.74 Å². The van der Waals surface area contributed by atoms with E-state index in [9.17, 15) is 13.2 Å². The van der Waals surface area contributed by atoms with Gasteiger partial charge in [-0.2, -0.15) is 0 Å².